The zero-order valence-corrected chi connectivity index (χ0v) is 36.0. The summed E-state index contributed by atoms with van der Waals surface area (Å²) in [7, 11) is 0. The number of carbonyl (C=O) groups is 2. The van der Waals surface area contributed by atoms with Crippen LogP contribution in [0.5, 0.6) is 0 Å². The molecule has 0 bridgehead atoms. The Morgan fingerprint density at radius 1 is 0.481 bits per heavy atom. The Morgan fingerprint density at radius 3 is 1.54 bits per heavy atom. The van der Waals surface area contributed by atoms with Gasteiger partial charge in [0.25, 0.3) is 0 Å². The fourth-order valence-electron chi connectivity index (χ4n) is 7.28. The van der Waals surface area contributed by atoms with Gasteiger partial charge in [-0.2, -0.15) is 0 Å². The van der Waals surface area contributed by atoms with Crippen LogP contribution >= 0.6 is 0 Å². The van der Waals surface area contributed by atoms with Gasteiger partial charge in [-0.05, 0) is 77.3 Å². The molecule has 0 aromatic rings. The first kappa shape index (κ1) is 50.6. The van der Waals surface area contributed by atoms with E-state index in [0.29, 0.717) is 19.4 Å². The minimum absolute atomic E-state index is 0.189. The van der Waals surface area contributed by atoms with Crippen LogP contribution in [0, 0.1) is 0 Å². The van der Waals surface area contributed by atoms with Crippen LogP contribution < -0.4 is 0 Å². The van der Waals surface area contributed by atoms with Gasteiger partial charge >= 0.3 is 12.1 Å². The lowest BCUT2D eigenvalue weighted by atomic mass is 10.0. The molecule has 1 heterocycles. The summed E-state index contributed by atoms with van der Waals surface area (Å²) in [4.78, 5) is 27.7. The van der Waals surface area contributed by atoms with E-state index in [1.54, 1.807) is 0 Å². The standard InChI is InChI=1S/C46H89NO7/c1-4-7-10-13-16-17-18-19-20-24-32-43(54-46(49)53-41-31-38-47-36-27-23-28-37-47)35-42-50-44(48)33-25-26-34-45(51-39-29-21-14-11-8-5-2)52-40-30-22-15-12-9-6-3/h43,45H,4-42H2,1-3H3. The van der Waals surface area contributed by atoms with E-state index in [4.69, 9.17) is 23.7 Å². The Labute approximate surface area is 334 Å². The van der Waals surface area contributed by atoms with Gasteiger partial charge in [0, 0.05) is 32.6 Å². The molecule has 1 saturated heterocycles. The maximum Gasteiger partial charge on any atom is 0.508 e. The average molecular weight is 768 g/mol. The average Bonchev–Trinajstić information content (AvgIpc) is 3.18. The molecular weight excluding hydrogens is 679 g/mol. The first-order chi connectivity index (χ1) is 26.6. The Bertz CT molecular complexity index is 788. The van der Waals surface area contributed by atoms with Crippen molar-refractivity contribution in [2.45, 2.75) is 239 Å². The van der Waals surface area contributed by atoms with Gasteiger partial charge in [0.05, 0.1) is 13.2 Å². The Balaban J connectivity index is 2.39. The molecule has 1 aliphatic heterocycles. The van der Waals surface area contributed by atoms with Gasteiger partial charge in [-0.3, -0.25) is 4.79 Å². The van der Waals surface area contributed by atoms with Crippen LogP contribution in [-0.2, 0) is 28.5 Å². The maximum absolute atomic E-state index is 12.7. The van der Waals surface area contributed by atoms with Gasteiger partial charge in [-0.1, -0.05) is 149 Å². The smallest absolute Gasteiger partial charge is 0.466 e. The molecule has 1 unspecified atom stereocenters. The summed E-state index contributed by atoms with van der Waals surface area (Å²) in [6, 6.07) is 0. The molecule has 0 aromatic carbocycles. The maximum atomic E-state index is 12.7. The topological polar surface area (TPSA) is 83.5 Å². The fraction of sp³-hybridized carbons (Fsp3) is 0.957. The summed E-state index contributed by atoms with van der Waals surface area (Å²) in [5, 5.41) is 0. The molecular formula is C46H89NO7. The Hall–Kier alpha value is -1.38. The number of hydrogen-bond acceptors (Lipinski definition) is 8. The number of likely N-dealkylation sites (tertiary alicyclic amines) is 1. The summed E-state index contributed by atoms with van der Waals surface area (Å²) in [6.45, 7) is 12.1. The van der Waals surface area contributed by atoms with Crippen LogP contribution in [0.4, 0.5) is 4.79 Å². The molecule has 1 atom stereocenters. The molecule has 0 amide bonds. The van der Waals surface area contributed by atoms with Gasteiger partial charge in [0.15, 0.2) is 6.29 Å². The summed E-state index contributed by atoms with van der Waals surface area (Å²) in [5.74, 6) is -0.189. The second-order valence-electron chi connectivity index (χ2n) is 16.0. The van der Waals surface area contributed by atoms with Crippen molar-refractivity contribution in [1.29, 1.82) is 0 Å². The van der Waals surface area contributed by atoms with Crippen molar-refractivity contribution in [2.24, 2.45) is 0 Å². The highest BCUT2D eigenvalue weighted by molar-refractivity contribution is 5.69. The second-order valence-corrected chi connectivity index (χ2v) is 16.0. The first-order valence-electron chi connectivity index (χ1n) is 23.5. The van der Waals surface area contributed by atoms with Crippen molar-refractivity contribution in [3.8, 4) is 0 Å². The first-order valence-corrected chi connectivity index (χ1v) is 23.5. The summed E-state index contributed by atoms with van der Waals surface area (Å²) in [6.07, 6.45) is 35.2. The summed E-state index contributed by atoms with van der Waals surface area (Å²) >= 11 is 0. The zero-order valence-electron chi connectivity index (χ0n) is 36.0. The number of carbonyl (C=O) groups excluding carboxylic acids is 2. The molecule has 54 heavy (non-hydrogen) atoms. The number of nitrogens with zero attached hydrogens (tertiary/aromatic N) is 1. The monoisotopic (exact) mass is 768 g/mol. The van der Waals surface area contributed by atoms with Crippen molar-refractivity contribution in [3.05, 3.63) is 0 Å². The molecule has 1 aliphatic rings. The van der Waals surface area contributed by atoms with E-state index in [-0.39, 0.29) is 25.0 Å². The molecule has 8 heteroatoms. The fourth-order valence-corrected chi connectivity index (χ4v) is 7.28. The molecule has 0 saturated carbocycles. The van der Waals surface area contributed by atoms with E-state index in [0.717, 1.165) is 90.6 Å². The number of rotatable bonds is 40. The quantitative estimate of drug-likeness (QED) is 0.0346. The van der Waals surface area contributed by atoms with Crippen molar-refractivity contribution >= 4 is 12.1 Å². The van der Waals surface area contributed by atoms with E-state index in [9.17, 15) is 9.59 Å². The predicted molar refractivity (Wildman–Crippen MR) is 224 cm³/mol. The molecule has 0 N–H and O–H groups in total. The minimum Gasteiger partial charge on any atom is -0.466 e. The van der Waals surface area contributed by atoms with E-state index < -0.39 is 6.16 Å². The molecule has 320 valence electrons. The van der Waals surface area contributed by atoms with Crippen molar-refractivity contribution in [2.75, 3.05) is 46.1 Å². The Kier molecular flexibility index (Phi) is 37.4. The van der Waals surface area contributed by atoms with Crippen LogP contribution in [0.25, 0.3) is 0 Å². The number of ether oxygens (including phenoxy) is 5. The number of piperidine rings is 1. The van der Waals surface area contributed by atoms with Crippen molar-refractivity contribution < 1.29 is 33.3 Å². The molecule has 8 nitrogen and oxygen atoms in total. The van der Waals surface area contributed by atoms with Crippen LogP contribution in [0.15, 0.2) is 0 Å². The highest BCUT2D eigenvalue weighted by Gasteiger charge is 2.18. The lowest BCUT2D eigenvalue weighted by Crippen LogP contribution is -2.31. The third-order valence-electron chi connectivity index (χ3n) is 10.8. The van der Waals surface area contributed by atoms with Gasteiger partial charge in [-0.15, -0.1) is 0 Å². The van der Waals surface area contributed by atoms with Crippen molar-refractivity contribution in [3.63, 3.8) is 0 Å². The SMILES string of the molecule is CCCCCCCCCCCCC(CCOC(=O)CCCCC(OCCCCCCCC)OCCCCCCCC)OC(=O)OCCCN1CCCCC1. The van der Waals surface area contributed by atoms with Gasteiger partial charge < -0.3 is 28.6 Å². The van der Waals surface area contributed by atoms with E-state index in [2.05, 4.69) is 25.7 Å². The lowest BCUT2D eigenvalue weighted by Gasteiger charge is -2.26. The van der Waals surface area contributed by atoms with Crippen LogP contribution in [0.2, 0.25) is 0 Å². The number of esters is 1. The molecule has 0 aliphatic carbocycles. The van der Waals surface area contributed by atoms with Crippen LogP contribution in [-0.4, -0.2) is 75.5 Å². The largest absolute Gasteiger partial charge is 0.508 e. The third-order valence-corrected chi connectivity index (χ3v) is 10.8. The lowest BCUT2D eigenvalue weighted by molar-refractivity contribution is -0.150. The molecule has 0 aromatic heterocycles. The third kappa shape index (κ3) is 33.9. The second kappa shape index (κ2) is 39.8. The van der Waals surface area contributed by atoms with Crippen LogP contribution in [0.1, 0.15) is 226 Å². The van der Waals surface area contributed by atoms with Gasteiger partial charge in [0.1, 0.15) is 6.10 Å². The van der Waals surface area contributed by atoms with E-state index in [1.807, 2.05) is 0 Å². The molecule has 1 fully saturated rings. The highest BCUT2D eigenvalue weighted by Crippen LogP contribution is 2.17. The molecule has 0 radical (unpaired) electrons. The van der Waals surface area contributed by atoms with E-state index in [1.165, 1.54) is 135 Å². The predicted octanol–water partition coefficient (Wildman–Crippen LogP) is 13.3. The summed E-state index contributed by atoms with van der Waals surface area (Å²) in [5.41, 5.74) is 0. The number of unbranched alkanes of at least 4 members (excludes halogenated alkanes) is 20. The van der Waals surface area contributed by atoms with Gasteiger partial charge in [0.2, 0.25) is 0 Å². The Morgan fingerprint density at radius 2 is 0.981 bits per heavy atom. The highest BCUT2D eigenvalue weighted by atomic mass is 16.7. The minimum atomic E-state index is -0.593. The zero-order chi connectivity index (χ0) is 39.0. The van der Waals surface area contributed by atoms with Crippen molar-refractivity contribution in [1.82, 2.24) is 4.90 Å². The van der Waals surface area contributed by atoms with E-state index >= 15 is 0 Å². The molecule has 0 spiro atoms. The number of hydrogen-bond donors (Lipinski definition) is 0. The van der Waals surface area contributed by atoms with Gasteiger partial charge in [-0.25, -0.2) is 4.79 Å². The molecule has 1 rings (SSSR count). The van der Waals surface area contributed by atoms with Crippen LogP contribution in [0.3, 0.4) is 0 Å². The summed E-state index contributed by atoms with van der Waals surface area (Å²) < 4.78 is 29.2. The normalized spacial score (nSPS) is 14.1.